The van der Waals surface area contributed by atoms with Gasteiger partial charge in [-0.3, -0.25) is 14.6 Å². The number of nitrogens with zero attached hydrogens (tertiary/aromatic N) is 8. The number of amides is 1. The first-order valence-electron chi connectivity index (χ1n) is 15.2. The number of nitrogens with one attached hydrogen (secondary N) is 2. The van der Waals surface area contributed by atoms with Crippen molar-refractivity contribution in [1.29, 1.82) is 0 Å². The van der Waals surface area contributed by atoms with Gasteiger partial charge in [-0.25, -0.2) is 23.2 Å². The third kappa shape index (κ3) is 7.26. The van der Waals surface area contributed by atoms with E-state index < -0.39 is 16.1 Å². The molecule has 3 N–H and O–H groups in total. The number of methoxy groups -OCH3 is 1. The van der Waals surface area contributed by atoms with Crippen LogP contribution in [-0.2, 0) is 10.0 Å². The molecule has 1 aliphatic rings. The van der Waals surface area contributed by atoms with E-state index in [4.69, 9.17) is 23.7 Å². The molecular formula is C32H26N10O9S. The SMILES string of the molecule is COc1ccccc1Oc1ccc(N(CCOc2ccnc(-c3ccnc(-c4nn[nH]n4)c3)n2)C(=O)O)nc1NS(=O)(=O)c1ccc2c(c1)OCO2. The third-order valence-corrected chi connectivity index (χ3v) is 8.65. The lowest BCUT2D eigenvalue weighted by Gasteiger charge is -2.21. The van der Waals surface area contributed by atoms with E-state index in [0.717, 1.165) is 4.90 Å². The maximum Gasteiger partial charge on any atom is 0.413 e. The summed E-state index contributed by atoms with van der Waals surface area (Å²) in [5, 5.41) is 23.9. The van der Waals surface area contributed by atoms with Gasteiger partial charge < -0.3 is 28.8 Å². The molecule has 1 aliphatic heterocycles. The van der Waals surface area contributed by atoms with Gasteiger partial charge in [-0.15, -0.1) is 10.2 Å². The maximum absolute atomic E-state index is 13.6. The van der Waals surface area contributed by atoms with Gasteiger partial charge in [0.15, 0.2) is 40.4 Å². The Kier molecular flexibility index (Phi) is 9.26. The van der Waals surface area contributed by atoms with Gasteiger partial charge in [0.1, 0.15) is 18.1 Å². The molecule has 0 spiro atoms. The summed E-state index contributed by atoms with van der Waals surface area (Å²) in [6, 6.07) is 18.5. The molecule has 264 valence electrons. The number of rotatable bonds is 13. The molecule has 0 bridgehead atoms. The van der Waals surface area contributed by atoms with Gasteiger partial charge in [0, 0.05) is 30.1 Å². The highest BCUT2D eigenvalue weighted by Crippen LogP contribution is 2.38. The minimum absolute atomic E-state index is 0.0359. The molecule has 0 unspecified atom stereocenters. The van der Waals surface area contributed by atoms with Crippen LogP contribution in [0.25, 0.3) is 22.9 Å². The number of hydrogen-bond acceptors (Lipinski definition) is 15. The summed E-state index contributed by atoms with van der Waals surface area (Å²) in [6.45, 7) is -0.430. The Morgan fingerprint density at radius 2 is 1.77 bits per heavy atom. The predicted molar refractivity (Wildman–Crippen MR) is 180 cm³/mol. The molecule has 0 saturated heterocycles. The van der Waals surface area contributed by atoms with Crippen LogP contribution < -0.4 is 33.3 Å². The van der Waals surface area contributed by atoms with Crippen LogP contribution in [0.15, 0.2) is 90.1 Å². The number of fused-ring (bicyclic) bond motifs is 1. The van der Waals surface area contributed by atoms with Crippen molar-refractivity contribution >= 4 is 27.8 Å². The van der Waals surface area contributed by atoms with Crippen LogP contribution in [0.4, 0.5) is 16.4 Å². The topological polar surface area (TPSA) is 239 Å². The van der Waals surface area contributed by atoms with E-state index in [2.05, 4.69) is 45.3 Å². The van der Waals surface area contributed by atoms with Crippen molar-refractivity contribution < 1.29 is 42.0 Å². The Morgan fingerprint density at radius 1 is 0.942 bits per heavy atom. The second-order valence-electron chi connectivity index (χ2n) is 10.6. The number of benzene rings is 2. The van der Waals surface area contributed by atoms with Crippen molar-refractivity contribution in [1.82, 2.24) is 40.6 Å². The van der Waals surface area contributed by atoms with Gasteiger partial charge in [-0.1, -0.05) is 12.1 Å². The van der Waals surface area contributed by atoms with Crippen molar-refractivity contribution in [2.45, 2.75) is 4.90 Å². The van der Waals surface area contributed by atoms with Gasteiger partial charge in [0.2, 0.25) is 18.5 Å². The molecule has 0 aliphatic carbocycles. The van der Waals surface area contributed by atoms with E-state index in [0.29, 0.717) is 34.4 Å². The van der Waals surface area contributed by atoms with Crippen molar-refractivity contribution in [3.05, 3.63) is 85.2 Å². The predicted octanol–water partition coefficient (Wildman–Crippen LogP) is 4.01. The zero-order chi connectivity index (χ0) is 36.1. The molecule has 6 aromatic rings. The molecule has 0 atom stereocenters. The van der Waals surface area contributed by atoms with Crippen molar-refractivity contribution in [2.75, 3.05) is 36.7 Å². The monoisotopic (exact) mass is 726 g/mol. The van der Waals surface area contributed by atoms with E-state index in [1.807, 2.05) is 0 Å². The normalized spacial score (nSPS) is 11.9. The lowest BCUT2D eigenvalue weighted by atomic mass is 10.2. The quantitative estimate of drug-likeness (QED) is 0.152. The van der Waals surface area contributed by atoms with Crippen molar-refractivity contribution in [3.63, 3.8) is 0 Å². The Labute approximate surface area is 294 Å². The molecule has 7 rings (SSSR count). The summed E-state index contributed by atoms with van der Waals surface area (Å²) in [7, 11) is -2.85. The molecule has 2 aromatic carbocycles. The number of carboxylic acid groups (broad SMARTS) is 1. The molecule has 0 fully saturated rings. The molecule has 4 aromatic heterocycles. The first-order chi connectivity index (χ1) is 25.3. The van der Waals surface area contributed by atoms with Crippen LogP contribution in [0, 0.1) is 0 Å². The number of anilines is 2. The number of sulfonamides is 1. The summed E-state index contributed by atoms with van der Waals surface area (Å²) in [4.78, 5) is 30.5. The summed E-state index contributed by atoms with van der Waals surface area (Å²) >= 11 is 0. The minimum Gasteiger partial charge on any atom is -0.493 e. The summed E-state index contributed by atoms with van der Waals surface area (Å²) in [5.41, 5.74) is 1.05. The Morgan fingerprint density at radius 3 is 2.58 bits per heavy atom. The standard InChI is InChI=1S/C32H26N10O9S/c1-47-22-4-2-3-5-24(22)51-25-8-9-27(35-31(25)39-52(45,46)20-6-7-23-26(17-20)50-18-49-23)42(32(43)44)14-15-48-28-11-13-34-29(36-28)19-10-12-33-21(16-19)30-37-40-41-38-30/h2-13,16-17H,14-15,18H2,1H3,(H,35,39)(H,43,44)(H,37,38,40,41). The fourth-order valence-corrected chi connectivity index (χ4v) is 5.90. The van der Waals surface area contributed by atoms with Crippen LogP contribution in [0.1, 0.15) is 0 Å². The van der Waals surface area contributed by atoms with Crippen molar-refractivity contribution in [2.24, 2.45) is 0 Å². The van der Waals surface area contributed by atoms with Gasteiger partial charge in [0.25, 0.3) is 10.0 Å². The summed E-state index contributed by atoms with van der Waals surface area (Å²) in [6.07, 6.45) is 1.65. The van der Waals surface area contributed by atoms with E-state index in [1.165, 1.54) is 49.7 Å². The van der Waals surface area contributed by atoms with Gasteiger partial charge in [0.05, 0.1) is 18.6 Å². The number of ether oxygens (including phenoxy) is 5. The first-order valence-corrected chi connectivity index (χ1v) is 16.7. The van der Waals surface area contributed by atoms with Gasteiger partial charge in [-0.2, -0.15) is 10.2 Å². The molecule has 5 heterocycles. The lowest BCUT2D eigenvalue weighted by molar-refractivity contribution is 0.174. The molecule has 0 saturated carbocycles. The summed E-state index contributed by atoms with van der Waals surface area (Å²) < 4.78 is 57.4. The second-order valence-corrected chi connectivity index (χ2v) is 12.2. The molecule has 19 nitrogen and oxygen atoms in total. The third-order valence-electron chi connectivity index (χ3n) is 7.31. The highest BCUT2D eigenvalue weighted by atomic mass is 32.2. The molecule has 0 radical (unpaired) electrons. The second kappa shape index (κ2) is 14.4. The van der Waals surface area contributed by atoms with Crippen LogP contribution in [-0.4, -0.2) is 87.2 Å². The minimum atomic E-state index is -4.30. The van der Waals surface area contributed by atoms with E-state index in [-0.39, 0.29) is 59.6 Å². The molecule has 52 heavy (non-hydrogen) atoms. The average Bonchev–Trinajstić information content (AvgIpc) is 3.87. The largest absolute Gasteiger partial charge is 0.493 e. The Bertz CT molecular complexity index is 2350. The van der Waals surface area contributed by atoms with E-state index in [9.17, 15) is 18.3 Å². The highest BCUT2D eigenvalue weighted by molar-refractivity contribution is 7.92. The smallest absolute Gasteiger partial charge is 0.413 e. The number of pyridine rings is 2. The number of tetrazole rings is 1. The Balaban J connectivity index is 1.12. The van der Waals surface area contributed by atoms with E-state index in [1.54, 1.807) is 42.6 Å². The fourth-order valence-electron chi connectivity index (χ4n) is 4.87. The average molecular weight is 727 g/mol. The van der Waals surface area contributed by atoms with Crippen LogP contribution in [0.5, 0.6) is 34.6 Å². The van der Waals surface area contributed by atoms with Crippen LogP contribution in [0.2, 0.25) is 0 Å². The van der Waals surface area contributed by atoms with Gasteiger partial charge in [-0.05, 0) is 53.7 Å². The number of hydrogen-bond donors (Lipinski definition) is 3. The van der Waals surface area contributed by atoms with Crippen LogP contribution >= 0.6 is 0 Å². The first kappa shape index (κ1) is 33.4. The van der Waals surface area contributed by atoms with E-state index >= 15 is 0 Å². The number of para-hydroxylation sites is 2. The van der Waals surface area contributed by atoms with Crippen LogP contribution in [0.3, 0.4) is 0 Å². The molecular weight excluding hydrogens is 700 g/mol. The Hall–Kier alpha value is -7.09. The zero-order valence-electron chi connectivity index (χ0n) is 26.9. The highest BCUT2D eigenvalue weighted by Gasteiger charge is 2.25. The number of carbonyl (C=O) groups is 1. The zero-order valence-corrected chi connectivity index (χ0v) is 27.7. The fraction of sp³-hybridized carbons (Fsp3) is 0.125. The summed E-state index contributed by atoms with van der Waals surface area (Å²) in [5.74, 6) is 1.57. The number of H-pyrrole nitrogens is 1. The number of aromatic nitrogens is 8. The van der Waals surface area contributed by atoms with Crippen molar-refractivity contribution in [3.8, 4) is 57.5 Å². The molecule has 20 heteroatoms. The number of aromatic amines is 1. The molecule has 1 amide bonds. The lowest BCUT2D eigenvalue weighted by Crippen LogP contribution is -2.34. The van der Waals surface area contributed by atoms with Gasteiger partial charge >= 0.3 is 6.09 Å². The maximum atomic E-state index is 13.6.